The van der Waals surface area contributed by atoms with Crippen molar-refractivity contribution < 1.29 is 28.5 Å². The predicted molar refractivity (Wildman–Crippen MR) is 136 cm³/mol. The topological polar surface area (TPSA) is 100 Å². The molecule has 37 heavy (non-hydrogen) atoms. The van der Waals surface area contributed by atoms with Gasteiger partial charge < -0.3 is 19.5 Å². The van der Waals surface area contributed by atoms with Crippen LogP contribution < -0.4 is 0 Å². The minimum absolute atomic E-state index is 0.109. The lowest BCUT2D eigenvalue weighted by Gasteiger charge is -2.30. The summed E-state index contributed by atoms with van der Waals surface area (Å²) in [5.41, 5.74) is 1.10. The molecule has 1 atom stereocenters. The van der Waals surface area contributed by atoms with Crippen molar-refractivity contribution in [3.8, 4) is 16.8 Å². The molecule has 0 aliphatic heterocycles. The van der Waals surface area contributed by atoms with Gasteiger partial charge in [-0.25, -0.2) is 13.6 Å². The number of halogens is 2. The Hall–Kier alpha value is -4.08. The molecule has 2 aromatic heterocycles. The number of fused-ring (bicyclic) bond motifs is 2. The number of carboxylic acid groups (broad SMARTS) is 1. The highest BCUT2D eigenvalue weighted by Gasteiger charge is 2.38. The largest absolute Gasteiger partial charge is 0.478 e. The van der Waals surface area contributed by atoms with Gasteiger partial charge in [0.1, 0.15) is 16.9 Å². The fourth-order valence-corrected chi connectivity index (χ4v) is 5.04. The van der Waals surface area contributed by atoms with Crippen molar-refractivity contribution >= 4 is 27.8 Å². The second-order valence-electron chi connectivity index (χ2n) is 9.11. The maximum absolute atomic E-state index is 16.3. The maximum Gasteiger partial charge on any atom is 0.335 e. The molecule has 0 amide bonds. The quantitative estimate of drug-likeness (QED) is 0.263. The first-order valence-corrected chi connectivity index (χ1v) is 11.7. The number of carboxylic acids is 1. The summed E-state index contributed by atoms with van der Waals surface area (Å²) in [6.07, 6.45) is 1.69. The predicted octanol–water partition coefficient (Wildman–Crippen LogP) is 5.70. The summed E-state index contributed by atoms with van der Waals surface area (Å²) in [7, 11) is 1.46. The van der Waals surface area contributed by atoms with Crippen molar-refractivity contribution in [2.45, 2.75) is 25.9 Å². The average molecular weight is 506 g/mol. The number of aromatic amines is 1. The van der Waals surface area contributed by atoms with Crippen LogP contribution in [0, 0.1) is 18.6 Å². The summed E-state index contributed by atoms with van der Waals surface area (Å²) in [4.78, 5) is 11.7. The molecule has 1 unspecified atom stereocenters. The molecule has 2 heterocycles. The third kappa shape index (κ3) is 3.87. The lowest BCUT2D eigenvalue weighted by Crippen LogP contribution is -2.33. The first-order valence-electron chi connectivity index (χ1n) is 11.7. The van der Waals surface area contributed by atoms with Crippen molar-refractivity contribution in [1.82, 2.24) is 14.8 Å². The summed E-state index contributed by atoms with van der Waals surface area (Å²) in [6.45, 7) is 3.32. The van der Waals surface area contributed by atoms with Gasteiger partial charge in [-0.2, -0.15) is 5.10 Å². The zero-order valence-corrected chi connectivity index (χ0v) is 20.5. The Morgan fingerprint density at radius 1 is 1.19 bits per heavy atom. The monoisotopic (exact) mass is 505 g/mol. The third-order valence-electron chi connectivity index (χ3n) is 6.83. The van der Waals surface area contributed by atoms with Gasteiger partial charge in [-0.3, -0.25) is 5.10 Å². The fourth-order valence-electron chi connectivity index (χ4n) is 5.04. The number of hydrogen-bond donors (Lipinski definition) is 3. The van der Waals surface area contributed by atoms with E-state index >= 15 is 4.39 Å². The highest BCUT2D eigenvalue weighted by atomic mass is 19.1. The fraction of sp³-hybridized carbons (Fsp3) is 0.214. The van der Waals surface area contributed by atoms with E-state index in [9.17, 15) is 19.4 Å². The number of rotatable bonds is 7. The number of benzene rings is 3. The number of nitrogens with one attached hydrogen (secondary N) is 1. The van der Waals surface area contributed by atoms with Gasteiger partial charge >= 0.3 is 5.97 Å². The standard InChI is InChI=1S/C28H25F2N3O4/c1-4-28(36,14-37-3)26-22(16-8-9-20(27(34)35)15(2)10-16)23-21(11-17-13-31-32-25(17)24(23)30)33(26)19-7-5-6-18(29)12-19/h5-13,36H,4,14H2,1-3H3,(H,31,32)(H,34,35). The molecular formula is C28H25F2N3O4. The Balaban J connectivity index is 2.03. The van der Waals surface area contributed by atoms with E-state index in [4.69, 9.17) is 4.74 Å². The lowest BCUT2D eigenvalue weighted by molar-refractivity contribution is -0.0422. The Morgan fingerprint density at radius 2 is 1.97 bits per heavy atom. The Kier molecular flexibility index (Phi) is 6.05. The van der Waals surface area contributed by atoms with Crippen LogP contribution in [0.2, 0.25) is 0 Å². The zero-order valence-electron chi connectivity index (χ0n) is 20.5. The average Bonchev–Trinajstić information content (AvgIpc) is 3.47. The van der Waals surface area contributed by atoms with Crippen LogP contribution in [0.3, 0.4) is 0 Å². The van der Waals surface area contributed by atoms with E-state index in [1.54, 1.807) is 48.7 Å². The van der Waals surface area contributed by atoms with Crippen molar-refractivity contribution in [2.75, 3.05) is 13.7 Å². The van der Waals surface area contributed by atoms with E-state index in [-0.39, 0.29) is 29.5 Å². The summed E-state index contributed by atoms with van der Waals surface area (Å²) < 4.78 is 37.7. The Labute approximate surface area is 210 Å². The van der Waals surface area contributed by atoms with Crippen LogP contribution in [-0.4, -0.2) is 44.7 Å². The van der Waals surface area contributed by atoms with Crippen molar-refractivity contribution in [3.05, 3.63) is 83.2 Å². The molecule has 0 saturated carbocycles. The molecular weight excluding hydrogens is 480 g/mol. The van der Waals surface area contributed by atoms with Gasteiger partial charge in [0.25, 0.3) is 0 Å². The van der Waals surface area contributed by atoms with Gasteiger partial charge in [0, 0.05) is 29.1 Å². The number of hydrogen-bond acceptors (Lipinski definition) is 4. The second kappa shape index (κ2) is 9.10. The second-order valence-corrected chi connectivity index (χ2v) is 9.11. The number of ether oxygens (including phenoxy) is 1. The lowest BCUT2D eigenvalue weighted by atomic mass is 9.88. The SMILES string of the molecule is CCC(O)(COC)c1c(-c2ccc(C(=O)O)c(C)c2)c2c(F)c3[nH]ncc3cc2n1-c1cccc(F)c1. The molecule has 0 aliphatic carbocycles. The minimum atomic E-state index is -1.60. The van der Waals surface area contributed by atoms with E-state index in [2.05, 4.69) is 10.2 Å². The zero-order chi connectivity index (χ0) is 26.5. The number of aromatic nitrogens is 3. The van der Waals surface area contributed by atoms with Crippen molar-refractivity contribution in [1.29, 1.82) is 0 Å². The first kappa shape index (κ1) is 24.6. The number of aliphatic hydroxyl groups is 1. The van der Waals surface area contributed by atoms with E-state index < -0.39 is 23.2 Å². The summed E-state index contributed by atoms with van der Waals surface area (Å²) >= 11 is 0. The highest BCUT2D eigenvalue weighted by Crippen LogP contribution is 2.46. The van der Waals surface area contributed by atoms with Crippen LogP contribution >= 0.6 is 0 Å². The van der Waals surface area contributed by atoms with Gasteiger partial charge in [0.2, 0.25) is 0 Å². The van der Waals surface area contributed by atoms with Crippen LogP contribution in [0.4, 0.5) is 8.78 Å². The van der Waals surface area contributed by atoms with E-state index in [1.165, 1.54) is 31.5 Å². The summed E-state index contributed by atoms with van der Waals surface area (Å²) in [5, 5.41) is 28.9. The molecule has 0 radical (unpaired) electrons. The third-order valence-corrected chi connectivity index (χ3v) is 6.83. The van der Waals surface area contributed by atoms with Gasteiger partial charge in [-0.05, 0) is 54.8 Å². The minimum Gasteiger partial charge on any atom is -0.478 e. The number of H-pyrrole nitrogens is 1. The number of aryl methyl sites for hydroxylation is 1. The first-order chi connectivity index (χ1) is 17.7. The smallest absolute Gasteiger partial charge is 0.335 e. The van der Waals surface area contributed by atoms with E-state index in [0.717, 1.165) is 0 Å². The molecule has 0 aliphatic rings. The molecule has 3 N–H and O–H groups in total. The Bertz CT molecular complexity index is 1670. The van der Waals surface area contributed by atoms with Gasteiger partial charge in [-0.15, -0.1) is 0 Å². The summed E-state index contributed by atoms with van der Waals surface area (Å²) in [6, 6.07) is 12.3. The highest BCUT2D eigenvalue weighted by molar-refractivity contribution is 6.07. The van der Waals surface area contributed by atoms with Gasteiger partial charge in [-0.1, -0.05) is 25.1 Å². The number of carbonyl (C=O) groups is 1. The van der Waals surface area contributed by atoms with Crippen LogP contribution in [0.1, 0.15) is 35.0 Å². The van der Waals surface area contributed by atoms with Crippen LogP contribution in [0.15, 0.2) is 54.7 Å². The molecule has 190 valence electrons. The van der Waals surface area contributed by atoms with Gasteiger partial charge in [0.05, 0.1) is 29.6 Å². The number of aromatic carboxylic acids is 1. The van der Waals surface area contributed by atoms with Crippen LogP contribution in [0.5, 0.6) is 0 Å². The molecule has 5 aromatic rings. The summed E-state index contributed by atoms with van der Waals surface area (Å²) in [5.74, 6) is -2.17. The number of methoxy groups -OCH3 is 1. The number of nitrogens with zero attached hydrogens (tertiary/aromatic N) is 2. The van der Waals surface area contributed by atoms with Gasteiger partial charge in [0.15, 0.2) is 5.82 Å². The molecule has 0 spiro atoms. The van der Waals surface area contributed by atoms with Crippen molar-refractivity contribution in [3.63, 3.8) is 0 Å². The van der Waals surface area contributed by atoms with Crippen molar-refractivity contribution in [2.24, 2.45) is 0 Å². The molecule has 7 nitrogen and oxygen atoms in total. The molecule has 3 aromatic carbocycles. The van der Waals surface area contributed by atoms with E-state index in [1.807, 2.05) is 0 Å². The van der Waals surface area contributed by atoms with E-state index in [0.29, 0.717) is 39.0 Å². The molecule has 0 bridgehead atoms. The Morgan fingerprint density at radius 3 is 2.62 bits per heavy atom. The molecule has 5 rings (SSSR count). The molecule has 0 fully saturated rings. The molecule has 0 saturated heterocycles. The van der Waals surface area contributed by atoms with Crippen LogP contribution in [-0.2, 0) is 10.3 Å². The maximum atomic E-state index is 16.3. The normalized spacial score (nSPS) is 13.4. The van der Waals surface area contributed by atoms with Crippen LogP contribution in [0.25, 0.3) is 38.6 Å². The molecule has 9 heteroatoms.